The molecule has 0 spiro atoms. The van der Waals surface area contributed by atoms with E-state index in [4.69, 9.17) is 17.3 Å². The monoisotopic (exact) mass is 325 g/mol. The van der Waals surface area contributed by atoms with E-state index in [1.54, 1.807) is 0 Å². The number of rotatable bonds is 5. The molecule has 0 fully saturated rings. The maximum Gasteiger partial charge on any atom is 0.0544 e. The topological polar surface area (TPSA) is 50.4 Å². The summed E-state index contributed by atoms with van der Waals surface area (Å²) in [7, 11) is 0. The van der Waals surface area contributed by atoms with Gasteiger partial charge in [0.2, 0.25) is 0 Å². The highest BCUT2D eigenvalue weighted by molar-refractivity contribution is 6.30. The zero-order valence-corrected chi connectivity index (χ0v) is 13.6. The molecule has 1 aliphatic heterocycles. The van der Waals surface area contributed by atoms with Gasteiger partial charge in [0.15, 0.2) is 0 Å². The molecule has 2 aromatic rings. The van der Waals surface area contributed by atoms with Gasteiger partial charge < -0.3 is 11.2 Å². The Bertz CT molecular complexity index is 720. The summed E-state index contributed by atoms with van der Waals surface area (Å²) in [6.07, 6.45) is 4.89. The van der Waals surface area contributed by atoms with E-state index >= 15 is 0 Å². The Morgan fingerprint density at radius 3 is 2.61 bits per heavy atom. The smallest absolute Gasteiger partial charge is 0.0544 e. The minimum absolute atomic E-state index is 0.267. The summed E-state index contributed by atoms with van der Waals surface area (Å²) in [6, 6.07) is 16.7. The first-order valence-electron chi connectivity index (χ1n) is 7.80. The summed E-state index contributed by atoms with van der Waals surface area (Å²) in [5, 5.41) is 4.87. The standard InChI is InChI=1S/C19H20ClN3/c20-18-3-1-2-16(12-18)19(8-10-21)15-6-4-14(5-7-15)17-9-11-22-23-13-17/h1-7,9,12-13,19,22H,8,10-11,21H2. The van der Waals surface area contributed by atoms with Crippen molar-refractivity contribution in [2.24, 2.45) is 10.8 Å². The number of allylic oxidation sites excluding steroid dienone is 1. The fourth-order valence-corrected chi connectivity index (χ4v) is 3.09. The van der Waals surface area contributed by atoms with Gasteiger partial charge in [-0.25, -0.2) is 0 Å². The predicted octanol–water partition coefficient (Wildman–Crippen LogP) is 3.79. The molecule has 3 rings (SSSR count). The molecule has 1 aliphatic rings. The molecule has 0 amide bonds. The van der Waals surface area contributed by atoms with Crippen LogP contribution in [0.15, 0.2) is 59.7 Å². The molecular formula is C19H20ClN3. The van der Waals surface area contributed by atoms with Crippen molar-refractivity contribution in [2.75, 3.05) is 13.1 Å². The molecule has 3 N–H and O–H groups in total. The SMILES string of the molecule is NCCC(c1ccc(C2=CCNN=C2)cc1)c1cccc(Cl)c1. The number of hydrogen-bond donors (Lipinski definition) is 2. The Kier molecular flexibility index (Phi) is 5.11. The Morgan fingerprint density at radius 1 is 1.13 bits per heavy atom. The van der Waals surface area contributed by atoms with Crippen molar-refractivity contribution >= 4 is 23.4 Å². The van der Waals surface area contributed by atoms with Crippen molar-refractivity contribution in [1.29, 1.82) is 0 Å². The van der Waals surface area contributed by atoms with Gasteiger partial charge >= 0.3 is 0 Å². The second-order valence-electron chi connectivity index (χ2n) is 5.59. The van der Waals surface area contributed by atoms with Crippen molar-refractivity contribution in [3.05, 3.63) is 76.3 Å². The number of nitrogens with two attached hydrogens (primary N) is 1. The van der Waals surface area contributed by atoms with Crippen LogP contribution in [0.1, 0.15) is 29.0 Å². The van der Waals surface area contributed by atoms with Crippen LogP contribution in [0, 0.1) is 0 Å². The van der Waals surface area contributed by atoms with Gasteiger partial charge in [0, 0.05) is 10.9 Å². The van der Waals surface area contributed by atoms with Gasteiger partial charge in [-0.1, -0.05) is 54.1 Å². The molecule has 4 heteroatoms. The van der Waals surface area contributed by atoms with Crippen LogP contribution in [-0.4, -0.2) is 19.3 Å². The van der Waals surface area contributed by atoms with Gasteiger partial charge in [0.25, 0.3) is 0 Å². The molecule has 3 nitrogen and oxygen atoms in total. The van der Waals surface area contributed by atoms with E-state index < -0.39 is 0 Å². The summed E-state index contributed by atoms with van der Waals surface area (Å²) in [5.74, 6) is 0.267. The first-order chi connectivity index (χ1) is 11.3. The number of nitrogens with one attached hydrogen (secondary N) is 1. The molecule has 0 aromatic heterocycles. The van der Waals surface area contributed by atoms with Crippen LogP contribution in [0.2, 0.25) is 5.02 Å². The van der Waals surface area contributed by atoms with Gasteiger partial charge in [-0.3, -0.25) is 0 Å². The second kappa shape index (κ2) is 7.44. The van der Waals surface area contributed by atoms with Crippen LogP contribution >= 0.6 is 11.6 Å². The lowest BCUT2D eigenvalue weighted by Crippen LogP contribution is -2.11. The highest BCUT2D eigenvalue weighted by Gasteiger charge is 2.14. The third-order valence-corrected chi connectivity index (χ3v) is 4.30. The highest BCUT2D eigenvalue weighted by Crippen LogP contribution is 2.30. The molecule has 0 bridgehead atoms. The molecule has 0 radical (unpaired) electrons. The zero-order valence-electron chi connectivity index (χ0n) is 12.9. The van der Waals surface area contributed by atoms with Crippen molar-refractivity contribution in [3.63, 3.8) is 0 Å². The van der Waals surface area contributed by atoms with Crippen LogP contribution in [0.25, 0.3) is 5.57 Å². The van der Waals surface area contributed by atoms with Crippen LogP contribution in [0.3, 0.4) is 0 Å². The number of hydrogen-bond acceptors (Lipinski definition) is 3. The Hall–Kier alpha value is -2.10. The molecule has 118 valence electrons. The second-order valence-corrected chi connectivity index (χ2v) is 6.02. The van der Waals surface area contributed by atoms with Crippen LogP contribution < -0.4 is 11.2 Å². The van der Waals surface area contributed by atoms with E-state index in [2.05, 4.69) is 46.9 Å². The lowest BCUT2D eigenvalue weighted by Gasteiger charge is -2.18. The molecule has 0 aliphatic carbocycles. The lowest BCUT2D eigenvalue weighted by molar-refractivity contribution is 0.726. The fourth-order valence-electron chi connectivity index (χ4n) is 2.89. The van der Waals surface area contributed by atoms with E-state index in [9.17, 15) is 0 Å². The zero-order chi connectivity index (χ0) is 16.1. The van der Waals surface area contributed by atoms with E-state index in [1.807, 2.05) is 24.4 Å². The molecular weight excluding hydrogens is 306 g/mol. The van der Waals surface area contributed by atoms with Crippen LogP contribution in [0.4, 0.5) is 0 Å². The molecule has 0 saturated heterocycles. The molecule has 1 atom stereocenters. The molecule has 2 aromatic carbocycles. The third kappa shape index (κ3) is 3.81. The summed E-state index contributed by atoms with van der Waals surface area (Å²) < 4.78 is 0. The van der Waals surface area contributed by atoms with Crippen molar-refractivity contribution in [2.45, 2.75) is 12.3 Å². The fraction of sp³-hybridized carbons (Fsp3) is 0.211. The summed E-state index contributed by atoms with van der Waals surface area (Å²) >= 11 is 6.14. The quantitative estimate of drug-likeness (QED) is 0.878. The average molecular weight is 326 g/mol. The molecule has 0 saturated carbocycles. The largest absolute Gasteiger partial charge is 0.330 e. The minimum Gasteiger partial charge on any atom is -0.330 e. The number of hydrazone groups is 1. The number of benzene rings is 2. The summed E-state index contributed by atoms with van der Waals surface area (Å²) in [4.78, 5) is 0. The minimum atomic E-state index is 0.267. The van der Waals surface area contributed by atoms with E-state index in [1.165, 1.54) is 16.7 Å². The van der Waals surface area contributed by atoms with Gasteiger partial charge in [0.05, 0.1) is 12.8 Å². The van der Waals surface area contributed by atoms with Crippen LogP contribution in [0.5, 0.6) is 0 Å². The van der Waals surface area contributed by atoms with E-state index in [-0.39, 0.29) is 5.92 Å². The van der Waals surface area contributed by atoms with Gasteiger partial charge in [0.1, 0.15) is 0 Å². The third-order valence-electron chi connectivity index (χ3n) is 4.06. The predicted molar refractivity (Wildman–Crippen MR) is 97.9 cm³/mol. The molecule has 23 heavy (non-hydrogen) atoms. The maximum absolute atomic E-state index is 6.14. The van der Waals surface area contributed by atoms with E-state index in [0.717, 1.165) is 23.6 Å². The van der Waals surface area contributed by atoms with Gasteiger partial charge in [-0.15, -0.1) is 0 Å². The van der Waals surface area contributed by atoms with Gasteiger partial charge in [-0.2, -0.15) is 5.10 Å². The summed E-state index contributed by atoms with van der Waals surface area (Å²) in [5.41, 5.74) is 13.5. The maximum atomic E-state index is 6.14. The van der Waals surface area contributed by atoms with Gasteiger partial charge in [-0.05, 0) is 47.4 Å². The first kappa shape index (κ1) is 15.8. The Morgan fingerprint density at radius 2 is 1.96 bits per heavy atom. The van der Waals surface area contributed by atoms with Crippen LogP contribution in [-0.2, 0) is 0 Å². The molecule has 1 unspecified atom stereocenters. The summed E-state index contributed by atoms with van der Waals surface area (Å²) in [6.45, 7) is 1.41. The number of halogens is 1. The normalized spacial score (nSPS) is 15.0. The Labute approximate surface area is 141 Å². The average Bonchev–Trinajstić information content (AvgIpc) is 2.61. The van der Waals surface area contributed by atoms with E-state index in [0.29, 0.717) is 6.54 Å². The van der Waals surface area contributed by atoms with Crippen molar-refractivity contribution in [3.8, 4) is 0 Å². The molecule has 1 heterocycles. The number of nitrogens with zero attached hydrogens (tertiary/aromatic N) is 1. The van der Waals surface area contributed by atoms with Crippen molar-refractivity contribution < 1.29 is 0 Å². The Balaban J connectivity index is 1.88. The van der Waals surface area contributed by atoms with Crippen molar-refractivity contribution in [1.82, 2.24) is 5.43 Å². The first-order valence-corrected chi connectivity index (χ1v) is 8.17. The highest BCUT2D eigenvalue weighted by atomic mass is 35.5. The lowest BCUT2D eigenvalue weighted by atomic mass is 9.87.